The first kappa shape index (κ1) is 18.4. The number of halogens is 4. The Morgan fingerprint density at radius 1 is 1.08 bits per heavy atom. The summed E-state index contributed by atoms with van der Waals surface area (Å²) in [6.45, 7) is 5.69. The van der Waals surface area contributed by atoms with Gasteiger partial charge >= 0.3 is 6.18 Å². The average Bonchev–Trinajstić information content (AvgIpc) is 3.22. The van der Waals surface area contributed by atoms with Gasteiger partial charge in [0, 0.05) is 18.7 Å². The van der Waals surface area contributed by atoms with Crippen LogP contribution in [0.1, 0.15) is 34.6 Å². The third kappa shape index (κ3) is 3.74. The van der Waals surface area contributed by atoms with Crippen LogP contribution in [-0.4, -0.2) is 29.8 Å². The Balaban J connectivity index is 1.67. The predicted octanol–water partition coefficient (Wildman–Crippen LogP) is 3.35. The van der Waals surface area contributed by atoms with Crippen molar-refractivity contribution in [2.75, 3.05) is 0 Å². The molecule has 0 spiro atoms. The molecule has 11 heteroatoms. The molecule has 3 aromatic heterocycles. The molecule has 0 atom stereocenters. The lowest BCUT2D eigenvalue weighted by Crippen LogP contribution is -2.09. The number of rotatable bonds is 5. The maximum Gasteiger partial charge on any atom is 0.435 e. The van der Waals surface area contributed by atoms with Crippen molar-refractivity contribution in [3.63, 3.8) is 0 Å². The SMILES string of the molecule is Cc1nn(CCc2nnc(Cn3nc(C(F)(F)F)cc3C)o2)c(C)c1Cl. The molecule has 7 nitrogen and oxygen atoms in total. The first-order chi connectivity index (χ1) is 12.1. The van der Waals surface area contributed by atoms with Gasteiger partial charge < -0.3 is 4.42 Å². The van der Waals surface area contributed by atoms with Crippen molar-refractivity contribution in [2.24, 2.45) is 0 Å². The molecular formula is C15H16ClF3N6O. The van der Waals surface area contributed by atoms with E-state index >= 15 is 0 Å². The minimum absolute atomic E-state index is 0.0271. The van der Waals surface area contributed by atoms with E-state index in [1.54, 1.807) is 4.68 Å². The molecular weight excluding hydrogens is 373 g/mol. The highest BCUT2D eigenvalue weighted by atomic mass is 35.5. The van der Waals surface area contributed by atoms with Gasteiger partial charge in [-0.05, 0) is 26.8 Å². The Morgan fingerprint density at radius 2 is 1.77 bits per heavy atom. The molecule has 3 heterocycles. The standard InChI is InChI=1S/C15H16ClF3N6O/c1-8-6-11(15(17,18)19)23-25(8)7-13-21-20-12(26-13)4-5-24-10(3)14(16)9(2)22-24/h6H,4-5,7H2,1-3H3. The van der Waals surface area contributed by atoms with Crippen molar-refractivity contribution in [3.8, 4) is 0 Å². The quantitative estimate of drug-likeness (QED) is 0.670. The van der Waals surface area contributed by atoms with Gasteiger partial charge in [-0.1, -0.05) is 11.6 Å². The zero-order valence-electron chi connectivity index (χ0n) is 14.3. The Morgan fingerprint density at radius 3 is 2.35 bits per heavy atom. The maximum absolute atomic E-state index is 12.7. The lowest BCUT2D eigenvalue weighted by molar-refractivity contribution is -0.141. The molecule has 0 aliphatic heterocycles. The van der Waals surface area contributed by atoms with E-state index < -0.39 is 11.9 Å². The molecule has 0 unspecified atom stereocenters. The number of hydrogen-bond donors (Lipinski definition) is 0. The van der Waals surface area contributed by atoms with Gasteiger partial charge in [0.2, 0.25) is 11.8 Å². The van der Waals surface area contributed by atoms with Gasteiger partial charge in [0.1, 0.15) is 6.54 Å². The summed E-state index contributed by atoms with van der Waals surface area (Å²) in [5.41, 5.74) is 0.992. The van der Waals surface area contributed by atoms with Crippen molar-refractivity contribution in [3.05, 3.63) is 45.6 Å². The Bertz CT molecular complexity index is 927. The smallest absolute Gasteiger partial charge is 0.423 e. The van der Waals surface area contributed by atoms with Gasteiger partial charge in [0.05, 0.1) is 16.4 Å². The fraction of sp³-hybridized carbons (Fsp3) is 0.467. The van der Waals surface area contributed by atoms with E-state index in [4.69, 9.17) is 16.0 Å². The Hall–Kier alpha value is -2.36. The highest BCUT2D eigenvalue weighted by Gasteiger charge is 2.34. The van der Waals surface area contributed by atoms with E-state index in [0.29, 0.717) is 29.6 Å². The van der Waals surface area contributed by atoms with Crippen LogP contribution in [0, 0.1) is 20.8 Å². The molecule has 0 N–H and O–H groups in total. The van der Waals surface area contributed by atoms with E-state index in [-0.39, 0.29) is 12.4 Å². The summed E-state index contributed by atoms with van der Waals surface area (Å²) in [4.78, 5) is 0. The van der Waals surface area contributed by atoms with Crippen LogP contribution in [0.3, 0.4) is 0 Å². The van der Waals surface area contributed by atoms with E-state index in [1.807, 2.05) is 13.8 Å². The topological polar surface area (TPSA) is 74.6 Å². The van der Waals surface area contributed by atoms with E-state index in [9.17, 15) is 13.2 Å². The summed E-state index contributed by atoms with van der Waals surface area (Å²) < 4.78 is 46.5. The molecule has 3 rings (SSSR count). The van der Waals surface area contributed by atoms with Crippen LogP contribution in [0.4, 0.5) is 13.2 Å². The van der Waals surface area contributed by atoms with Gasteiger partial charge in [-0.2, -0.15) is 23.4 Å². The number of aromatic nitrogens is 6. The molecule has 26 heavy (non-hydrogen) atoms. The fourth-order valence-electron chi connectivity index (χ4n) is 2.48. The van der Waals surface area contributed by atoms with Crippen molar-refractivity contribution >= 4 is 11.6 Å². The monoisotopic (exact) mass is 388 g/mol. The second kappa shape index (κ2) is 6.75. The lowest BCUT2D eigenvalue weighted by atomic mass is 10.3. The normalized spacial score (nSPS) is 12.1. The Labute approximate surface area is 151 Å². The predicted molar refractivity (Wildman–Crippen MR) is 85.8 cm³/mol. The van der Waals surface area contributed by atoms with E-state index in [1.165, 1.54) is 11.6 Å². The van der Waals surface area contributed by atoms with Crippen LogP contribution >= 0.6 is 11.6 Å². The van der Waals surface area contributed by atoms with Gasteiger partial charge in [0.25, 0.3) is 0 Å². The minimum atomic E-state index is -4.49. The molecule has 0 saturated heterocycles. The lowest BCUT2D eigenvalue weighted by Gasteiger charge is -2.02. The molecule has 3 aromatic rings. The van der Waals surface area contributed by atoms with Gasteiger partial charge in [-0.15, -0.1) is 10.2 Å². The van der Waals surface area contributed by atoms with Crippen molar-refractivity contribution in [1.29, 1.82) is 0 Å². The largest absolute Gasteiger partial charge is 0.435 e. The summed E-state index contributed by atoms with van der Waals surface area (Å²) >= 11 is 6.10. The van der Waals surface area contributed by atoms with Crippen molar-refractivity contribution < 1.29 is 17.6 Å². The minimum Gasteiger partial charge on any atom is -0.423 e. The number of alkyl halides is 3. The highest BCUT2D eigenvalue weighted by molar-refractivity contribution is 6.31. The van der Waals surface area contributed by atoms with Gasteiger partial charge in [0.15, 0.2) is 5.69 Å². The van der Waals surface area contributed by atoms with Crippen LogP contribution in [-0.2, 0) is 25.7 Å². The summed E-state index contributed by atoms with van der Waals surface area (Å²) in [6, 6.07) is 0.976. The number of hydrogen-bond acceptors (Lipinski definition) is 5. The molecule has 0 radical (unpaired) electrons. The zero-order chi connectivity index (χ0) is 19.1. The van der Waals surface area contributed by atoms with Crippen molar-refractivity contribution in [2.45, 2.75) is 46.5 Å². The van der Waals surface area contributed by atoms with E-state index in [2.05, 4.69) is 20.4 Å². The van der Waals surface area contributed by atoms with Crippen LogP contribution < -0.4 is 0 Å². The molecule has 0 fully saturated rings. The summed E-state index contributed by atoms with van der Waals surface area (Å²) in [5.74, 6) is 0.552. The summed E-state index contributed by atoms with van der Waals surface area (Å²) in [5, 5.41) is 16.3. The van der Waals surface area contributed by atoms with Crippen LogP contribution in [0.5, 0.6) is 0 Å². The van der Waals surface area contributed by atoms with Gasteiger partial charge in [-0.3, -0.25) is 9.36 Å². The summed E-state index contributed by atoms with van der Waals surface area (Å²) in [6.07, 6.45) is -4.06. The molecule has 0 aliphatic rings. The second-order valence-corrected chi connectivity index (χ2v) is 6.25. The zero-order valence-corrected chi connectivity index (χ0v) is 15.1. The second-order valence-electron chi connectivity index (χ2n) is 5.87. The van der Waals surface area contributed by atoms with Crippen LogP contribution in [0.25, 0.3) is 0 Å². The molecule has 0 aromatic carbocycles. The van der Waals surface area contributed by atoms with Crippen LogP contribution in [0.15, 0.2) is 10.5 Å². The average molecular weight is 389 g/mol. The molecule has 0 amide bonds. The first-order valence-electron chi connectivity index (χ1n) is 7.77. The number of nitrogens with zero attached hydrogens (tertiary/aromatic N) is 6. The molecule has 0 aliphatic carbocycles. The number of aryl methyl sites for hydroxylation is 4. The first-order valence-corrected chi connectivity index (χ1v) is 8.15. The van der Waals surface area contributed by atoms with E-state index in [0.717, 1.165) is 17.5 Å². The molecule has 140 valence electrons. The third-order valence-electron chi connectivity index (χ3n) is 3.90. The highest BCUT2D eigenvalue weighted by Crippen LogP contribution is 2.28. The third-order valence-corrected chi connectivity index (χ3v) is 4.44. The fourth-order valence-corrected chi connectivity index (χ4v) is 2.62. The van der Waals surface area contributed by atoms with Gasteiger partial charge in [-0.25, -0.2) is 0 Å². The maximum atomic E-state index is 12.7. The van der Waals surface area contributed by atoms with Crippen LogP contribution in [0.2, 0.25) is 5.02 Å². The summed E-state index contributed by atoms with van der Waals surface area (Å²) in [7, 11) is 0. The van der Waals surface area contributed by atoms with Crippen molar-refractivity contribution in [1.82, 2.24) is 29.8 Å². The molecule has 0 saturated carbocycles. The Kier molecular flexibility index (Phi) is 4.78. The molecule has 0 bridgehead atoms.